The Morgan fingerprint density at radius 1 is 1.20 bits per heavy atom. The minimum Gasteiger partial charge on any atom is -0.481 e. The number of rotatable bonds is 5. The number of hydrogen-bond acceptors (Lipinski definition) is 3. The van der Waals surface area contributed by atoms with Crippen LogP contribution in [0.1, 0.15) is 27.8 Å². The van der Waals surface area contributed by atoms with E-state index in [1.54, 1.807) is 0 Å². The van der Waals surface area contributed by atoms with Crippen LogP contribution in [0.3, 0.4) is 0 Å². The van der Waals surface area contributed by atoms with Crippen molar-refractivity contribution in [2.24, 2.45) is 0 Å². The summed E-state index contributed by atoms with van der Waals surface area (Å²) in [6, 6.07) is 7.94. The van der Waals surface area contributed by atoms with Crippen LogP contribution in [0, 0.1) is 5.82 Å². The fraction of sp³-hybridized carbons (Fsp3) is 0.143. The number of carbonyl (C=O) groups is 2. The summed E-state index contributed by atoms with van der Waals surface area (Å²) in [5.74, 6) is -3.93. The number of benzene rings is 1. The van der Waals surface area contributed by atoms with Crippen molar-refractivity contribution >= 4 is 11.9 Å². The Morgan fingerprint density at radius 3 is 2.50 bits per heavy atom. The highest BCUT2D eigenvalue weighted by molar-refractivity contribution is 5.84. The monoisotopic (exact) mass is 278 g/mol. The number of furan rings is 1. The van der Waals surface area contributed by atoms with E-state index in [0.29, 0.717) is 5.56 Å². The van der Waals surface area contributed by atoms with Gasteiger partial charge in [-0.1, -0.05) is 12.1 Å². The lowest BCUT2D eigenvalue weighted by molar-refractivity contribution is -0.138. The van der Waals surface area contributed by atoms with Gasteiger partial charge in [-0.3, -0.25) is 4.79 Å². The normalized spacial score (nSPS) is 12.1. The van der Waals surface area contributed by atoms with Crippen molar-refractivity contribution in [2.45, 2.75) is 12.3 Å². The Balaban J connectivity index is 2.25. The third-order valence-corrected chi connectivity index (χ3v) is 2.83. The Morgan fingerprint density at radius 2 is 1.95 bits per heavy atom. The van der Waals surface area contributed by atoms with Gasteiger partial charge < -0.3 is 14.6 Å². The molecule has 104 valence electrons. The lowest BCUT2D eigenvalue weighted by Crippen LogP contribution is -2.14. The SMILES string of the molecule is O=C(O)c1ccc(CC(C(=O)O)c2cccc(F)c2)o1. The lowest BCUT2D eigenvalue weighted by Gasteiger charge is -2.11. The average molecular weight is 278 g/mol. The molecule has 2 rings (SSSR count). The highest BCUT2D eigenvalue weighted by Crippen LogP contribution is 2.23. The van der Waals surface area contributed by atoms with Crippen molar-refractivity contribution in [1.82, 2.24) is 0 Å². The van der Waals surface area contributed by atoms with Gasteiger partial charge in [0.1, 0.15) is 11.6 Å². The maximum Gasteiger partial charge on any atom is 0.371 e. The maximum absolute atomic E-state index is 13.1. The molecule has 0 fully saturated rings. The molecule has 1 aromatic carbocycles. The fourth-order valence-electron chi connectivity index (χ4n) is 1.87. The van der Waals surface area contributed by atoms with E-state index in [1.807, 2.05) is 0 Å². The second-order valence-corrected chi connectivity index (χ2v) is 4.22. The highest BCUT2D eigenvalue weighted by Gasteiger charge is 2.23. The molecular weight excluding hydrogens is 267 g/mol. The second kappa shape index (κ2) is 5.56. The summed E-state index contributed by atoms with van der Waals surface area (Å²) in [5.41, 5.74) is 0.297. The van der Waals surface area contributed by atoms with Crippen LogP contribution < -0.4 is 0 Å². The van der Waals surface area contributed by atoms with E-state index in [9.17, 15) is 19.1 Å². The molecule has 0 radical (unpaired) electrons. The molecule has 1 heterocycles. The van der Waals surface area contributed by atoms with Crippen LogP contribution in [0.25, 0.3) is 0 Å². The van der Waals surface area contributed by atoms with Crippen LogP contribution in [0.4, 0.5) is 4.39 Å². The van der Waals surface area contributed by atoms with Gasteiger partial charge in [-0.05, 0) is 29.8 Å². The van der Waals surface area contributed by atoms with Crippen LogP contribution in [-0.4, -0.2) is 22.2 Å². The number of carboxylic acids is 2. The van der Waals surface area contributed by atoms with E-state index in [-0.39, 0.29) is 17.9 Å². The number of carboxylic acid groups (broad SMARTS) is 2. The van der Waals surface area contributed by atoms with Crippen LogP contribution in [-0.2, 0) is 11.2 Å². The van der Waals surface area contributed by atoms with Crippen LogP contribution in [0.5, 0.6) is 0 Å². The molecule has 1 aromatic heterocycles. The lowest BCUT2D eigenvalue weighted by atomic mass is 9.95. The van der Waals surface area contributed by atoms with Crippen molar-refractivity contribution in [3.8, 4) is 0 Å². The summed E-state index contributed by atoms with van der Waals surface area (Å²) in [4.78, 5) is 22.0. The molecule has 2 N–H and O–H groups in total. The van der Waals surface area contributed by atoms with E-state index in [4.69, 9.17) is 9.52 Å². The molecule has 0 aliphatic carbocycles. The maximum atomic E-state index is 13.1. The fourth-order valence-corrected chi connectivity index (χ4v) is 1.87. The molecule has 0 aliphatic rings. The summed E-state index contributed by atoms with van der Waals surface area (Å²) in [6.45, 7) is 0. The summed E-state index contributed by atoms with van der Waals surface area (Å²) in [6.07, 6.45) is -0.0495. The number of aromatic carboxylic acids is 1. The molecule has 0 saturated carbocycles. The summed E-state index contributed by atoms with van der Waals surface area (Å²) < 4.78 is 18.2. The van der Waals surface area contributed by atoms with Crippen molar-refractivity contribution < 1.29 is 28.6 Å². The molecular formula is C14H11FO5. The van der Waals surface area contributed by atoms with Gasteiger partial charge in [-0.25, -0.2) is 9.18 Å². The third-order valence-electron chi connectivity index (χ3n) is 2.83. The quantitative estimate of drug-likeness (QED) is 0.877. The molecule has 6 heteroatoms. The van der Waals surface area contributed by atoms with Gasteiger partial charge in [0, 0.05) is 6.42 Å². The standard InChI is InChI=1S/C14H11FO5/c15-9-3-1-2-8(6-9)11(13(16)17)7-10-4-5-12(20-10)14(18)19/h1-6,11H,7H2,(H,16,17)(H,18,19). The molecule has 2 aromatic rings. The van der Waals surface area contributed by atoms with E-state index < -0.39 is 23.7 Å². The first-order chi connectivity index (χ1) is 9.47. The van der Waals surface area contributed by atoms with E-state index in [1.165, 1.54) is 30.3 Å². The van der Waals surface area contributed by atoms with Crippen molar-refractivity contribution in [2.75, 3.05) is 0 Å². The molecule has 20 heavy (non-hydrogen) atoms. The minimum atomic E-state index is -1.23. The predicted molar refractivity (Wildman–Crippen MR) is 66.1 cm³/mol. The topological polar surface area (TPSA) is 87.7 Å². The first kappa shape index (κ1) is 13.8. The molecule has 1 atom stereocenters. The minimum absolute atomic E-state index is 0.0495. The van der Waals surface area contributed by atoms with Crippen molar-refractivity contribution in [1.29, 1.82) is 0 Å². The molecule has 0 aliphatic heterocycles. The second-order valence-electron chi connectivity index (χ2n) is 4.22. The largest absolute Gasteiger partial charge is 0.481 e. The molecule has 1 unspecified atom stereocenters. The summed E-state index contributed by atoms with van der Waals surface area (Å²) in [5, 5.41) is 17.9. The van der Waals surface area contributed by atoms with E-state index >= 15 is 0 Å². The van der Waals surface area contributed by atoms with Crippen molar-refractivity contribution in [3.05, 3.63) is 59.3 Å². The predicted octanol–water partition coefficient (Wildman–Crippen LogP) is 2.53. The molecule has 0 amide bonds. The first-order valence-electron chi connectivity index (χ1n) is 5.77. The Labute approximate surface area is 113 Å². The Hall–Kier alpha value is -2.63. The van der Waals surface area contributed by atoms with Gasteiger partial charge in [0.25, 0.3) is 0 Å². The molecule has 5 nitrogen and oxygen atoms in total. The highest BCUT2D eigenvalue weighted by atomic mass is 19.1. The molecule has 0 saturated heterocycles. The van der Waals surface area contributed by atoms with Gasteiger partial charge in [0.05, 0.1) is 5.92 Å². The van der Waals surface area contributed by atoms with Gasteiger partial charge in [0.2, 0.25) is 5.76 Å². The first-order valence-corrected chi connectivity index (χ1v) is 5.77. The zero-order valence-electron chi connectivity index (χ0n) is 10.2. The molecule has 0 bridgehead atoms. The number of aliphatic carboxylic acids is 1. The van der Waals surface area contributed by atoms with Crippen LogP contribution in [0.2, 0.25) is 0 Å². The van der Waals surface area contributed by atoms with Gasteiger partial charge in [0.15, 0.2) is 0 Å². The smallest absolute Gasteiger partial charge is 0.371 e. The van der Waals surface area contributed by atoms with Crippen LogP contribution >= 0.6 is 0 Å². The third kappa shape index (κ3) is 3.03. The number of halogens is 1. The number of hydrogen-bond donors (Lipinski definition) is 2. The van der Waals surface area contributed by atoms with E-state index in [0.717, 1.165) is 6.07 Å². The van der Waals surface area contributed by atoms with Crippen molar-refractivity contribution in [3.63, 3.8) is 0 Å². The summed E-state index contributed by atoms with van der Waals surface area (Å²) >= 11 is 0. The van der Waals surface area contributed by atoms with Crippen LogP contribution in [0.15, 0.2) is 40.8 Å². The molecule has 0 spiro atoms. The van der Waals surface area contributed by atoms with Gasteiger partial charge in [-0.15, -0.1) is 0 Å². The van der Waals surface area contributed by atoms with Gasteiger partial charge in [-0.2, -0.15) is 0 Å². The Kier molecular flexibility index (Phi) is 3.84. The zero-order chi connectivity index (χ0) is 14.7. The average Bonchev–Trinajstić information content (AvgIpc) is 2.84. The van der Waals surface area contributed by atoms with E-state index in [2.05, 4.69) is 0 Å². The Bertz CT molecular complexity index is 647. The summed E-state index contributed by atoms with van der Waals surface area (Å²) in [7, 11) is 0. The van der Waals surface area contributed by atoms with Gasteiger partial charge >= 0.3 is 11.9 Å². The zero-order valence-corrected chi connectivity index (χ0v) is 10.2.